The van der Waals surface area contributed by atoms with Gasteiger partial charge in [0.25, 0.3) is 0 Å². The lowest BCUT2D eigenvalue weighted by molar-refractivity contribution is -0.122. The molecule has 0 aromatic heterocycles. The maximum Gasteiger partial charge on any atom is 0.0615 e. The van der Waals surface area contributed by atoms with Crippen LogP contribution < -0.4 is 0 Å². The number of fused-ring (bicyclic) bond motifs is 1. The molecule has 2 saturated carbocycles. The number of hydrogen-bond acceptors (Lipinski definition) is 2. The van der Waals surface area contributed by atoms with Gasteiger partial charge in [0.05, 0.1) is 6.10 Å². The molecule has 0 radical (unpaired) electrons. The second-order valence-corrected chi connectivity index (χ2v) is 9.00. The van der Waals surface area contributed by atoms with E-state index in [0.29, 0.717) is 24.4 Å². The van der Waals surface area contributed by atoms with Crippen molar-refractivity contribution in [3.63, 3.8) is 0 Å². The molecular weight excluding hydrogens is 272 g/mol. The summed E-state index contributed by atoms with van der Waals surface area (Å²) in [5.41, 5.74) is 1.68. The van der Waals surface area contributed by atoms with Crippen molar-refractivity contribution in [2.75, 3.05) is 6.61 Å². The predicted octanol–water partition coefficient (Wildman–Crippen LogP) is 4.55. The SMILES string of the molecule is C=C1CC(O)C2C(C)(C)CCCC2(C)C1CCC(C)CCO. The van der Waals surface area contributed by atoms with Crippen LogP contribution in [0.2, 0.25) is 0 Å². The van der Waals surface area contributed by atoms with Gasteiger partial charge in [0.15, 0.2) is 0 Å². The Morgan fingerprint density at radius 3 is 2.55 bits per heavy atom. The summed E-state index contributed by atoms with van der Waals surface area (Å²) in [5.74, 6) is 1.49. The first kappa shape index (κ1) is 18.0. The van der Waals surface area contributed by atoms with Crippen LogP contribution in [0.4, 0.5) is 0 Å². The van der Waals surface area contributed by atoms with Crippen LogP contribution in [0.5, 0.6) is 0 Å². The molecule has 0 saturated heterocycles. The molecule has 22 heavy (non-hydrogen) atoms. The highest BCUT2D eigenvalue weighted by Crippen LogP contribution is 2.61. The second-order valence-electron chi connectivity index (χ2n) is 9.00. The van der Waals surface area contributed by atoms with Gasteiger partial charge in [-0.3, -0.25) is 0 Å². The van der Waals surface area contributed by atoms with Gasteiger partial charge in [-0.1, -0.05) is 52.7 Å². The van der Waals surface area contributed by atoms with E-state index in [2.05, 4.69) is 34.3 Å². The molecule has 2 N–H and O–H groups in total. The van der Waals surface area contributed by atoms with Crippen LogP contribution in [0.1, 0.15) is 72.6 Å². The molecule has 0 bridgehead atoms. The fourth-order valence-electron chi connectivity index (χ4n) is 5.82. The normalized spacial score (nSPS) is 39.4. The molecule has 2 nitrogen and oxygen atoms in total. The van der Waals surface area contributed by atoms with Crippen LogP contribution in [-0.2, 0) is 0 Å². The second kappa shape index (κ2) is 6.65. The lowest BCUT2D eigenvalue weighted by atomic mass is 9.46. The van der Waals surface area contributed by atoms with E-state index in [1.807, 2.05) is 0 Å². The van der Waals surface area contributed by atoms with Crippen LogP contribution in [0.15, 0.2) is 12.2 Å². The number of hydrogen-bond donors (Lipinski definition) is 2. The van der Waals surface area contributed by atoms with Gasteiger partial charge in [0.1, 0.15) is 0 Å². The van der Waals surface area contributed by atoms with Crippen LogP contribution >= 0.6 is 0 Å². The molecule has 0 aromatic carbocycles. The van der Waals surface area contributed by atoms with Crippen molar-refractivity contribution < 1.29 is 10.2 Å². The molecule has 2 rings (SSSR count). The highest BCUT2D eigenvalue weighted by molar-refractivity contribution is 5.18. The van der Waals surface area contributed by atoms with E-state index in [9.17, 15) is 5.11 Å². The van der Waals surface area contributed by atoms with Gasteiger partial charge >= 0.3 is 0 Å². The molecule has 2 aliphatic rings. The molecule has 2 fully saturated rings. The minimum atomic E-state index is -0.223. The molecule has 5 unspecified atom stereocenters. The lowest BCUT2D eigenvalue weighted by Crippen LogP contribution is -2.55. The summed E-state index contributed by atoms with van der Waals surface area (Å²) in [4.78, 5) is 0. The van der Waals surface area contributed by atoms with Gasteiger partial charge < -0.3 is 10.2 Å². The van der Waals surface area contributed by atoms with E-state index in [4.69, 9.17) is 5.11 Å². The lowest BCUT2D eigenvalue weighted by Gasteiger charge is -2.59. The summed E-state index contributed by atoms with van der Waals surface area (Å²) in [7, 11) is 0. The van der Waals surface area contributed by atoms with Crippen molar-refractivity contribution in [2.45, 2.75) is 78.7 Å². The summed E-state index contributed by atoms with van der Waals surface area (Å²) >= 11 is 0. The van der Waals surface area contributed by atoms with E-state index >= 15 is 0 Å². The minimum Gasteiger partial charge on any atom is -0.396 e. The number of aliphatic hydroxyl groups is 2. The Bertz CT molecular complexity index is 401. The number of rotatable bonds is 5. The zero-order valence-corrected chi connectivity index (χ0v) is 15.1. The minimum absolute atomic E-state index is 0.190. The smallest absolute Gasteiger partial charge is 0.0615 e. The Morgan fingerprint density at radius 1 is 1.23 bits per heavy atom. The molecule has 5 atom stereocenters. The van der Waals surface area contributed by atoms with E-state index in [1.54, 1.807) is 0 Å². The molecule has 0 amide bonds. The molecule has 2 heteroatoms. The van der Waals surface area contributed by atoms with E-state index in [0.717, 1.165) is 25.7 Å². The highest BCUT2D eigenvalue weighted by Gasteiger charge is 2.56. The van der Waals surface area contributed by atoms with Gasteiger partial charge in [-0.25, -0.2) is 0 Å². The molecular formula is C20H36O2. The Morgan fingerprint density at radius 2 is 1.91 bits per heavy atom. The van der Waals surface area contributed by atoms with E-state index in [1.165, 1.54) is 24.8 Å². The van der Waals surface area contributed by atoms with E-state index < -0.39 is 0 Å². The monoisotopic (exact) mass is 308 g/mol. The number of aliphatic hydroxyl groups excluding tert-OH is 2. The molecule has 128 valence electrons. The van der Waals surface area contributed by atoms with Crippen LogP contribution in [0.3, 0.4) is 0 Å². The van der Waals surface area contributed by atoms with Crippen molar-refractivity contribution >= 4 is 0 Å². The molecule has 0 spiro atoms. The molecule has 0 heterocycles. The fourth-order valence-corrected chi connectivity index (χ4v) is 5.82. The summed E-state index contributed by atoms with van der Waals surface area (Å²) in [6, 6.07) is 0. The Kier molecular flexibility index (Phi) is 5.44. The van der Waals surface area contributed by atoms with Gasteiger partial charge in [-0.2, -0.15) is 0 Å². The van der Waals surface area contributed by atoms with Gasteiger partial charge in [-0.15, -0.1) is 0 Å². The Labute approximate surface area is 137 Å². The largest absolute Gasteiger partial charge is 0.396 e. The van der Waals surface area contributed by atoms with Gasteiger partial charge in [0, 0.05) is 6.61 Å². The summed E-state index contributed by atoms with van der Waals surface area (Å²) in [5, 5.41) is 19.9. The molecule has 2 aliphatic carbocycles. The zero-order valence-electron chi connectivity index (χ0n) is 15.1. The third kappa shape index (κ3) is 3.28. The average Bonchev–Trinajstić information content (AvgIpc) is 2.36. The first-order valence-corrected chi connectivity index (χ1v) is 9.19. The zero-order chi connectivity index (χ0) is 16.5. The van der Waals surface area contributed by atoms with Crippen molar-refractivity contribution in [2.24, 2.45) is 28.6 Å². The quantitative estimate of drug-likeness (QED) is 0.731. The summed E-state index contributed by atoms with van der Waals surface area (Å²) < 4.78 is 0. The fraction of sp³-hybridized carbons (Fsp3) is 0.900. The Balaban J connectivity index is 2.19. The maximum absolute atomic E-state index is 10.8. The molecule has 0 aliphatic heterocycles. The summed E-state index contributed by atoms with van der Waals surface area (Å²) in [6.45, 7) is 14.0. The predicted molar refractivity (Wildman–Crippen MR) is 92.6 cm³/mol. The maximum atomic E-state index is 10.8. The Hall–Kier alpha value is -0.340. The first-order valence-electron chi connectivity index (χ1n) is 9.19. The third-order valence-electron chi connectivity index (χ3n) is 6.80. The van der Waals surface area contributed by atoms with Crippen LogP contribution in [0.25, 0.3) is 0 Å². The van der Waals surface area contributed by atoms with Gasteiger partial charge in [-0.05, 0) is 60.7 Å². The van der Waals surface area contributed by atoms with Crippen molar-refractivity contribution in [3.05, 3.63) is 12.2 Å². The van der Waals surface area contributed by atoms with Gasteiger partial charge in [0.2, 0.25) is 0 Å². The van der Waals surface area contributed by atoms with E-state index in [-0.39, 0.29) is 16.9 Å². The van der Waals surface area contributed by atoms with Crippen LogP contribution in [-0.4, -0.2) is 22.9 Å². The molecule has 0 aromatic rings. The van der Waals surface area contributed by atoms with Crippen molar-refractivity contribution in [1.29, 1.82) is 0 Å². The van der Waals surface area contributed by atoms with Crippen LogP contribution in [0, 0.1) is 28.6 Å². The summed E-state index contributed by atoms with van der Waals surface area (Å²) in [6.07, 6.45) is 7.48. The first-order chi connectivity index (χ1) is 10.2. The highest BCUT2D eigenvalue weighted by atomic mass is 16.3. The standard InChI is InChI=1S/C20H36O2/c1-14(9-12-21)7-8-16-15(2)13-17(22)18-19(3,4)10-6-11-20(16,18)5/h14,16-18,21-22H,2,6-13H2,1,3-5H3. The average molecular weight is 309 g/mol. The third-order valence-corrected chi connectivity index (χ3v) is 6.80. The topological polar surface area (TPSA) is 40.5 Å². The van der Waals surface area contributed by atoms with Crippen molar-refractivity contribution in [1.82, 2.24) is 0 Å². The van der Waals surface area contributed by atoms with Crippen molar-refractivity contribution in [3.8, 4) is 0 Å².